The van der Waals surface area contributed by atoms with Crippen LogP contribution in [-0.4, -0.2) is 69.6 Å². The summed E-state index contributed by atoms with van der Waals surface area (Å²) in [5.41, 5.74) is 0. The Morgan fingerprint density at radius 3 is 2.04 bits per heavy atom. The fourth-order valence-corrected chi connectivity index (χ4v) is 2.47. The summed E-state index contributed by atoms with van der Waals surface area (Å²) < 4.78 is 32.7. The zero-order valence-corrected chi connectivity index (χ0v) is 14.3. The normalized spacial score (nSPS) is 30.7. The van der Waals surface area contributed by atoms with Crippen LogP contribution in [0.3, 0.4) is 0 Å². The zero-order valence-electron chi connectivity index (χ0n) is 14.3. The fraction of sp³-hybridized carbons (Fsp3) is 0.867. The second kappa shape index (κ2) is 9.82. The molecule has 23 heavy (non-hydrogen) atoms. The molecule has 0 aromatic carbocycles. The van der Waals surface area contributed by atoms with Crippen LogP contribution in [0.2, 0.25) is 0 Å². The van der Waals surface area contributed by atoms with Crippen LogP contribution in [0.1, 0.15) is 27.7 Å². The van der Waals surface area contributed by atoms with Crippen LogP contribution >= 0.6 is 0 Å². The quantitative estimate of drug-likeness (QED) is 0.598. The average molecular weight is 334 g/mol. The number of esters is 2. The van der Waals surface area contributed by atoms with Crippen molar-refractivity contribution in [3.8, 4) is 0 Å². The number of rotatable bonds is 8. The third kappa shape index (κ3) is 5.72. The molecular formula is C15H26O8. The van der Waals surface area contributed by atoms with Gasteiger partial charge in [-0.25, -0.2) is 0 Å². The monoisotopic (exact) mass is 334 g/mol. The van der Waals surface area contributed by atoms with Gasteiger partial charge in [-0.2, -0.15) is 0 Å². The van der Waals surface area contributed by atoms with Gasteiger partial charge in [0.05, 0.1) is 6.61 Å². The van der Waals surface area contributed by atoms with Crippen molar-refractivity contribution in [2.24, 2.45) is 0 Å². The van der Waals surface area contributed by atoms with E-state index in [4.69, 9.17) is 28.4 Å². The van der Waals surface area contributed by atoms with Crippen LogP contribution in [-0.2, 0) is 38.0 Å². The molecule has 0 aromatic heterocycles. The van der Waals surface area contributed by atoms with Gasteiger partial charge in [0, 0.05) is 34.2 Å². The van der Waals surface area contributed by atoms with Gasteiger partial charge in [-0.3, -0.25) is 9.59 Å². The van der Waals surface area contributed by atoms with Crippen molar-refractivity contribution in [3.63, 3.8) is 0 Å². The summed E-state index contributed by atoms with van der Waals surface area (Å²) in [5, 5.41) is 0. The highest BCUT2D eigenvalue weighted by molar-refractivity contribution is 5.67. The van der Waals surface area contributed by atoms with Crippen molar-refractivity contribution in [2.75, 3.05) is 26.9 Å². The lowest BCUT2D eigenvalue weighted by Crippen LogP contribution is -2.62. The molecule has 1 fully saturated rings. The number of carbonyl (C=O) groups is 2. The van der Waals surface area contributed by atoms with Crippen LogP contribution in [0.4, 0.5) is 0 Å². The molecule has 1 saturated heterocycles. The van der Waals surface area contributed by atoms with E-state index in [-0.39, 0.29) is 6.61 Å². The van der Waals surface area contributed by atoms with Gasteiger partial charge < -0.3 is 28.4 Å². The third-order valence-corrected chi connectivity index (χ3v) is 3.27. The molecular weight excluding hydrogens is 308 g/mol. The smallest absolute Gasteiger partial charge is 0.303 e. The zero-order chi connectivity index (χ0) is 17.4. The Kier molecular flexibility index (Phi) is 8.46. The lowest BCUT2D eigenvalue weighted by molar-refractivity contribution is -0.307. The SMILES string of the molecule is CCOCC1OC(OC)C(OC(C)=O)C(OCC)C1OC(C)=O. The Morgan fingerprint density at radius 1 is 0.957 bits per heavy atom. The second-order valence-corrected chi connectivity index (χ2v) is 5.01. The van der Waals surface area contributed by atoms with Crippen molar-refractivity contribution in [2.45, 2.75) is 58.4 Å². The summed E-state index contributed by atoms with van der Waals surface area (Å²) in [4.78, 5) is 22.8. The molecule has 0 amide bonds. The molecule has 5 atom stereocenters. The van der Waals surface area contributed by atoms with Gasteiger partial charge in [-0.1, -0.05) is 0 Å². The summed E-state index contributed by atoms with van der Waals surface area (Å²) in [6.45, 7) is 7.25. The van der Waals surface area contributed by atoms with Crippen molar-refractivity contribution in [1.82, 2.24) is 0 Å². The lowest BCUT2D eigenvalue weighted by Gasteiger charge is -2.44. The molecule has 0 radical (unpaired) electrons. The van der Waals surface area contributed by atoms with E-state index in [1.807, 2.05) is 6.92 Å². The van der Waals surface area contributed by atoms with Crippen molar-refractivity contribution >= 4 is 11.9 Å². The molecule has 0 aliphatic carbocycles. The fourth-order valence-electron chi connectivity index (χ4n) is 2.47. The van der Waals surface area contributed by atoms with E-state index in [1.54, 1.807) is 6.92 Å². The number of hydrogen-bond acceptors (Lipinski definition) is 8. The topological polar surface area (TPSA) is 89.5 Å². The Hall–Kier alpha value is -1.22. The Balaban J connectivity index is 3.06. The van der Waals surface area contributed by atoms with Gasteiger partial charge in [0.2, 0.25) is 0 Å². The maximum Gasteiger partial charge on any atom is 0.303 e. The minimum Gasteiger partial charge on any atom is -0.457 e. The number of carbonyl (C=O) groups excluding carboxylic acids is 2. The first-order valence-corrected chi connectivity index (χ1v) is 7.66. The van der Waals surface area contributed by atoms with E-state index in [9.17, 15) is 9.59 Å². The number of methoxy groups -OCH3 is 1. The maximum absolute atomic E-state index is 11.4. The van der Waals surface area contributed by atoms with Gasteiger partial charge in [0.15, 0.2) is 18.5 Å². The lowest BCUT2D eigenvalue weighted by atomic mass is 9.98. The van der Waals surface area contributed by atoms with E-state index in [1.165, 1.54) is 21.0 Å². The van der Waals surface area contributed by atoms with Crippen LogP contribution in [0.5, 0.6) is 0 Å². The Labute approximate surface area is 136 Å². The van der Waals surface area contributed by atoms with Gasteiger partial charge in [0.1, 0.15) is 12.2 Å². The second-order valence-electron chi connectivity index (χ2n) is 5.01. The first kappa shape index (κ1) is 19.8. The molecule has 134 valence electrons. The van der Waals surface area contributed by atoms with Crippen molar-refractivity contribution in [1.29, 1.82) is 0 Å². The molecule has 0 saturated carbocycles. The first-order chi connectivity index (χ1) is 10.9. The Morgan fingerprint density at radius 2 is 1.57 bits per heavy atom. The average Bonchev–Trinajstić information content (AvgIpc) is 2.48. The number of ether oxygens (including phenoxy) is 6. The van der Waals surface area contributed by atoms with Crippen molar-refractivity contribution < 1.29 is 38.0 Å². The minimum absolute atomic E-state index is 0.199. The summed E-state index contributed by atoms with van der Waals surface area (Å²) in [6.07, 6.45) is -3.76. The maximum atomic E-state index is 11.4. The highest BCUT2D eigenvalue weighted by Crippen LogP contribution is 2.29. The van der Waals surface area contributed by atoms with Crippen LogP contribution in [0, 0.1) is 0 Å². The van der Waals surface area contributed by atoms with Crippen LogP contribution < -0.4 is 0 Å². The summed E-state index contributed by atoms with van der Waals surface area (Å²) in [7, 11) is 1.44. The molecule has 1 rings (SSSR count). The van der Waals surface area contributed by atoms with E-state index in [0.717, 1.165) is 0 Å². The van der Waals surface area contributed by atoms with E-state index >= 15 is 0 Å². The highest BCUT2D eigenvalue weighted by atomic mass is 16.7. The molecule has 1 heterocycles. The molecule has 5 unspecified atom stereocenters. The van der Waals surface area contributed by atoms with E-state index in [0.29, 0.717) is 13.2 Å². The molecule has 8 heteroatoms. The summed E-state index contributed by atoms with van der Waals surface area (Å²) in [5.74, 6) is -0.988. The van der Waals surface area contributed by atoms with Gasteiger partial charge in [-0.15, -0.1) is 0 Å². The van der Waals surface area contributed by atoms with E-state index in [2.05, 4.69) is 0 Å². The Bertz CT molecular complexity index is 386. The molecule has 1 aliphatic rings. The minimum atomic E-state index is -0.848. The standard InChI is InChI=1S/C15H26O8/c1-6-19-8-11-12(21-9(3)16)13(20-7-2)14(22-10(4)17)15(18-5)23-11/h11-15H,6-8H2,1-5H3. The van der Waals surface area contributed by atoms with Crippen LogP contribution in [0.15, 0.2) is 0 Å². The predicted octanol–water partition coefficient (Wildman–Crippen LogP) is 0.663. The van der Waals surface area contributed by atoms with Crippen LogP contribution in [0.25, 0.3) is 0 Å². The summed E-state index contributed by atoms with van der Waals surface area (Å²) in [6, 6.07) is 0. The third-order valence-electron chi connectivity index (χ3n) is 3.27. The molecule has 1 aliphatic heterocycles. The molecule has 0 aromatic rings. The highest BCUT2D eigenvalue weighted by Gasteiger charge is 2.50. The summed E-state index contributed by atoms with van der Waals surface area (Å²) >= 11 is 0. The van der Waals surface area contributed by atoms with Crippen molar-refractivity contribution in [3.05, 3.63) is 0 Å². The molecule has 0 spiro atoms. The molecule has 8 nitrogen and oxygen atoms in total. The predicted molar refractivity (Wildman–Crippen MR) is 78.7 cm³/mol. The number of hydrogen-bond donors (Lipinski definition) is 0. The largest absolute Gasteiger partial charge is 0.457 e. The first-order valence-electron chi connectivity index (χ1n) is 7.66. The van der Waals surface area contributed by atoms with Gasteiger partial charge >= 0.3 is 11.9 Å². The van der Waals surface area contributed by atoms with Gasteiger partial charge in [0.25, 0.3) is 0 Å². The van der Waals surface area contributed by atoms with Gasteiger partial charge in [-0.05, 0) is 13.8 Å². The molecule has 0 bridgehead atoms. The van der Waals surface area contributed by atoms with E-state index < -0.39 is 42.6 Å². The molecule has 0 N–H and O–H groups in total.